The second-order valence-corrected chi connectivity index (χ2v) is 5.33. The molecule has 5 heteroatoms. The summed E-state index contributed by atoms with van der Waals surface area (Å²) in [6.45, 7) is 11.3. The molecular formula is C13H23NO4. The van der Waals surface area contributed by atoms with Gasteiger partial charge in [0.1, 0.15) is 6.61 Å². The number of aliphatic carboxylic acids is 1. The second-order valence-electron chi connectivity index (χ2n) is 5.33. The van der Waals surface area contributed by atoms with E-state index >= 15 is 0 Å². The normalized spacial score (nSPS) is 11.2. The maximum Gasteiger partial charge on any atom is 0.410 e. The van der Waals surface area contributed by atoms with E-state index < -0.39 is 17.5 Å². The Labute approximate surface area is 108 Å². The van der Waals surface area contributed by atoms with Gasteiger partial charge in [0, 0.05) is 13.1 Å². The van der Waals surface area contributed by atoms with Crippen LogP contribution < -0.4 is 0 Å². The summed E-state index contributed by atoms with van der Waals surface area (Å²) in [6.07, 6.45) is 0.978. The molecule has 1 N–H and O–H groups in total. The molecule has 5 nitrogen and oxygen atoms in total. The molecule has 0 saturated carbocycles. The van der Waals surface area contributed by atoms with Crippen molar-refractivity contribution in [2.45, 2.75) is 27.7 Å². The molecule has 0 heterocycles. The summed E-state index contributed by atoms with van der Waals surface area (Å²) in [5.41, 5.74) is -0.998. The third kappa shape index (κ3) is 5.70. The molecule has 0 aromatic carbocycles. The van der Waals surface area contributed by atoms with Crippen molar-refractivity contribution in [3.05, 3.63) is 12.7 Å². The van der Waals surface area contributed by atoms with Crippen molar-refractivity contribution in [1.29, 1.82) is 0 Å². The number of hydrogen-bond donors (Lipinski definition) is 1. The standard InChI is InChI=1S/C13H23NO4/c1-6-7-18-12(17)14(8-10(2)3)9-13(4,5)11(15)16/h6,10H,1,7-9H2,2-5H3,(H,15,16). The van der Waals surface area contributed by atoms with Gasteiger partial charge in [-0.2, -0.15) is 0 Å². The lowest BCUT2D eigenvalue weighted by Crippen LogP contribution is -2.44. The van der Waals surface area contributed by atoms with E-state index in [0.717, 1.165) is 0 Å². The van der Waals surface area contributed by atoms with Crippen LogP contribution in [0.4, 0.5) is 4.79 Å². The molecule has 0 aromatic rings. The zero-order valence-corrected chi connectivity index (χ0v) is 11.6. The molecule has 0 aliphatic rings. The summed E-state index contributed by atoms with van der Waals surface area (Å²) in [7, 11) is 0. The van der Waals surface area contributed by atoms with Crippen molar-refractivity contribution in [1.82, 2.24) is 4.90 Å². The Balaban J connectivity index is 4.72. The Morgan fingerprint density at radius 1 is 1.44 bits per heavy atom. The highest BCUT2D eigenvalue weighted by Crippen LogP contribution is 2.18. The summed E-state index contributed by atoms with van der Waals surface area (Å²) in [4.78, 5) is 24.3. The summed E-state index contributed by atoms with van der Waals surface area (Å²) in [5.74, 6) is -0.696. The van der Waals surface area contributed by atoms with Crippen LogP contribution in [0.1, 0.15) is 27.7 Å². The SMILES string of the molecule is C=CCOC(=O)N(CC(C)C)CC(C)(C)C(=O)O. The lowest BCUT2D eigenvalue weighted by molar-refractivity contribution is -0.147. The first-order valence-electron chi connectivity index (χ1n) is 5.96. The van der Waals surface area contributed by atoms with Gasteiger partial charge in [0.2, 0.25) is 0 Å². The first kappa shape index (κ1) is 16.5. The average Bonchev–Trinajstić information content (AvgIpc) is 2.23. The number of carboxylic acids is 1. The Hall–Kier alpha value is -1.52. The summed E-state index contributed by atoms with van der Waals surface area (Å²) < 4.78 is 4.96. The minimum absolute atomic E-state index is 0.122. The van der Waals surface area contributed by atoms with Gasteiger partial charge in [-0.15, -0.1) is 0 Å². The van der Waals surface area contributed by atoms with E-state index in [2.05, 4.69) is 6.58 Å². The number of carbonyl (C=O) groups excluding carboxylic acids is 1. The molecule has 0 aliphatic carbocycles. The minimum Gasteiger partial charge on any atom is -0.481 e. The molecule has 0 atom stereocenters. The zero-order chi connectivity index (χ0) is 14.3. The molecule has 0 spiro atoms. The highest BCUT2D eigenvalue weighted by atomic mass is 16.6. The van der Waals surface area contributed by atoms with Gasteiger partial charge in [-0.1, -0.05) is 26.5 Å². The van der Waals surface area contributed by atoms with Crippen molar-refractivity contribution in [3.8, 4) is 0 Å². The molecule has 0 rings (SSSR count). The van der Waals surface area contributed by atoms with Crippen LogP contribution in [-0.4, -0.2) is 41.8 Å². The quantitative estimate of drug-likeness (QED) is 0.711. The van der Waals surface area contributed by atoms with Crippen LogP contribution in [0.25, 0.3) is 0 Å². The van der Waals surface area contributed by atoms with Gasteiger partial charge in [0.05, 0.1) is 5.41 Å². The predicted octanol–water partition coefficient (Wildman–Crippen LogP) is 2.38. The molecule has 0 aromatic heterocycles. The Bertz CT molecular complexity index is 310. The molecule has 0 saturated heterocycles. The Morgan fingerprint density at radius 3 is 2.39 bits per heavy atom. The van der Waals surface area contributed by atoms with E-state index in [0.29, 0.717) is 6.54 Å². The number of amides is 1. The number of carboxylic acid groups (broad SMARTS) is 1. The van der Waals surface area contributed by atoms with Crippen LogP contribution in [0.15, 0.2) is 12.7 Å². The largest absolute Gasteiger partial charge is 0.481 e. The van der Waals surface area contributed by atoms with Gasteiger partial charge in [0.15, 0.2) is 0 Å². The molecular weight excluding hydrogens is 234 g/mol. The highest BCUT2D eigenvalue weighted by Gasteiger charge is 2.32. The molecule has 1 amide bonds. The topological polar surface area (TPSA) is 66.8 Å². The van der Waals surface area contributed by atoms with Crippen molar-refractivity contribution < 1.29 is 19.4 Å². The number of hydrogen-bond acceptors (Lipinski definition) is 3. The first-order valence-corrected chi connectivity index (χ1v) is 5.96. The molecule has 0 fully saturated rings. The number of carbonyl (C=O) groups is 2. The van der Waals surface area contributed by atoms with Crippen LogP contribution in [-0.2, 0) is 9.53 Å². The lowest BCUT2D eigenvalue weighted by Gasteiger charge is -2.30. The lowest BCUT2D eigenvalue weighted by atomic mass is 9.93. The molecule has 0 radical (unpaired) electrons. The van der Waals surface area contributed by atoms with Crippen molar-refractivity contribution >= 4 is 12.1 Å². The van der Waals surface area contributed by atoms with E-state index in [1.165, 1.54) is 11.0 Å². The first-order chi connectivity index (χ1) is 8.20. The minimum atomic E-state index is -0.998. The van der Waals surface area contributed by atoms with Gasteiger partial charge in [-0.05, 0) is 19.8 Å². The van der Waals surface area contributed by atoms with Crippen molar-refractivity contribution in [2.24, 2.45) is 11.3 Å². The number of ether oxygens (including phenoxy) is 1. The Morgan fingerprint density at radius 2 is 2.00 bits per heavy atom. The maximum absolute atomic E-state index is 11.8. The number of rotatable bonds is 7. The predicted molar refractivity (Wildman–Crippen MR) is 69.4 cm³/mol. The summed E-state index contributed by atoms with van der Waals surface area (Å²) >= 11 is 0. The van der Waals surface area contributed by atoms with E-state index in [1.807, 2.05) is 13.8 Å². The summed E-state index contributed by atoms with van der Waals surface area (Å²) in [6, 6.07) is 0. The fourth-order valence-corrected chi connectivity index (χ4v) is 1.41. The van der Waals surface area contributed by atoms with Crippen LogP contribution in [0.5, 0.6) is 0 Å². The summed E-state index contributed by atoms with van der Waals surface area (Å²) in [5, 5.41) is 9.09. The van der Waals surface area contributed by atoms with Gasteiger partial charge < -0.3 is 14.7 Å². The van der Waals surface area contributed by atoms with E-state index in [9.17, 15) is 9.59 Å². The second kappa shape index (κ2) is 7.03. The average molecular weight is 257 g/mol. The van der Waals surface area contributed by atoms with E-state index in [1.54, 1.807) is 13.8 Å². The van der Waals surface area contributed by atoms with E-state index in [-0.39, 0.29) is 19.1 Å². The van der Waals surface area contributed by atoms with Crippen molar-refractivity contribution in [2.75, 3.05) is 19.7 Å². The van der Waals surface area contributed by atoms with Crippen LogP contribution in [0, 0.1) is 11.3 Å². The van der Waals surface area contributed by atoms with Crippen LogP contribution in [0.2, 0.25) is 0 Å². The van der Waals surface area contributed by atoms with E-state index in [4.69, 9.17) is 9.84 Å². The molecule has 0 aliphatic heterocycles. The fourth-order valence-electron chi connectivity index (χ4n) is 1.41. The smallest absolute Gasteiger partial charge is 0.410 e. The molecule has 0 bridgehead atoms. The van der Waals surface area contributed by atoms with Gasteiger partial charge in [0.25, 0.3) is 0 Å². The Kier molecular flexibility index (Phi) is 6.44. The number of nitrogens with zero attached hydrogens (tertiary/aromatic N) is 1. The maximum atomic E-state index is 11.8. The van der Waals surface area contributed by atoms with Gasteiger partial charge in [-0.25, -0.2) is 4.79 Å². The van der Waals surface area contributed by atoms with Crippen LogP contribution in [0.3, 0.4) is 0 Å². The monoisotopic (exact) mass is 257 g/mol. The molecule has 18 heavy (non-hydrogen) atoms. The van der Waals surface area contributed by atoms with Gasteiger partial charge >= 0.3 is 12.1 Å². The fraction of sp³-hybridized carbons (Fsp3) is 0.692. The highest BCUT2D eigenvalue weighted by molar-refractivity contribution is 5.75. The third-order valence-electron chi connectivity index (χ3n) is 2.33. The third-order valence-corrected chi connectivity index (χ3v) is 2.33. The molecule has 104 valence electrons. The van der Waals surface area contributed by atoms with Gasteiger partial charge in [-0.3, -0.25) is 4.79 Å². The zero-order valence-electron chi connectivity index (χ0n) is 11.6. The van der Waals surface area contributed by atoms with Crippen molar-refractivity contribution in [3.63, 3.8) is 0 Å². The molecule has 0 unspecified atom stereocenters. The van der Waals surface area contributed by atoms with Crippen LogP contribution >= 0.6 is 0 Å².